The number of carbonyl (C=O) groups excluding carboxylic acids is 2. The standard InChI is InChI=1S/C20H19BrN2O3/c1-22-17-7-6-15(26-2)11-16(17)20(19(22)25)8-9-23(12-20)18(24)13-4-3-5-14(21)10-13/h3-7,10-11H,8-9,12H2,1-2H3. The van der Waals surface area contributed by atoms with Gasteiger partial charge in [0.2, 0.25) is 5.91 Å². The number of ether oxygens (including phenoxy) is 1. The molecule has 1 fully saturated rings. The van der Waals surface area contributed by atoms with Crippen molar-refractivity contribution in [2.75, 3.05) is 32.1 Å². The molecule has 4 rings (SSSR count). The van der Waals surface area contributed by atoms with E-state index in [1.807, 2.05) is 36.4 Å². The van der Waals surface area contributed by atoms with Crippen LogP contribution in [0, 0.1) is 0 Å². The summed E-state index contributed by atoms with van der Waals surface area (Å²) in [6, 6.07) is 13.1. The molecule has 1 saturated heterocycles. The van der Waals surface area contributed by atoms with E-state index in [9.17, 15) is 9.59 Å². The SMILES string of the molecule is COc1ccc2c(c1)C1(CCN(C(=O)c3cccc(Br)c3)C1)C(=O)N2C. The van der Waals surface area contributed by atoms with Crippen molar-refractivity contribution in [2.45, 2.75) is 11.8 Å². The van der Waals surface area contributed by atoms with Gasteiger partial charge >= 0.3 is 0 Å². The Morgan fingerprint density at radius 3 is 2.77 bits per heavy atom. The maximum atomic E-state index is 13.1. The van der Waals surface area contributed by atoms with Gasteiger partial charge in [0.25, 0.3) is 5.91 Å². The van der Waals surface area contributed by atoms with Crippen molar-refractivity contribution in [2.24, 2.45) is 0 Å². The third-order valence-corrected chi connectivity index (χ3v) is 5.92. The topological polar surface area (TPSA) is 49.9 Å². The fourth-order valence-corrected chi connectivity index (χ4v) is 4.44. The van der Waals surface area contributed by atoms with E-state index in [0.29, 0.717) is 25.1 Å². The normalized spacial score (nSPS) is 21.4. The van der Waals surface area contributed by atoms with E-state index in [0.717, 1.165) is 21.5 Å². The zero-order valence-electron chi connectivity index (χ0n) is 14.7. The maximum Gasteiger partial charge on any atom is 0.253 e. The summed E-state index contributed by atoms with van der Waals surface area (Å²) in [5.74, 6) is 0.725. The monoisotopic (exact) mass is 414 g/mol. The lowest BCUT2D eigenvalue weighted by molar-refractivity contribution is -0.122. The quantitative estimate of drug-likeness (QED) is 0.757. The van der Waals surface area contributed by atoms with Crippen molar-refractivity contribution >= 4 is 33.4 Å². The van der Waals surface area contributed by atoms with Crippen molar-refractivity contribution in [1.29, 1.82) is 0 Å². The Labute approximate surface area is 160 Å². The molecule has 26 heavy (non-hydrogen) atoms. The summed E-state index contributed by atoms with van der Waals surface area (Å²) >= 11 is 3.41. The van der Waals surface area contributed by atoms with Crippen LogP contribution >= 0.6 is 15.9 Å². The Balaban J connectivity index is 1.69. The molecule has 2 aliphatic rings. The van der Waals surface area contributed by atoms with Gasteiger partial charge in [0.15, 0.2) is 0 Å². The van der Waals surface area contributed by atoms with Crippen LogP contribution < -0.4 is 9.64 Å². The molecule has 0 aromatic heterocycles. The molecular weight excluding hydrogens is 396 g/mol. The number of rotatable bonds is 2. The predicted octanol–water partition coefficient (Wildman–Crippen LogP) is 3.22. The summed E-state index contributed by atoms with van der Waals surface area (Å²) in [7, 11) is 3.41. The van der Waals surface area contributed by atoms with E-state index in [2.05, 4.69) is 15.9 Å². The number of fused-ring (bicyclic) bond motifs is 2. The van der Waals surface area contributed by atoms with Crippen molar-refractivity contribution < 1.29 is 14.3 Å². The number of methoxy groups -OCH3 is 1. The third-order valence-electron chi connectivity index (χ3n) is 5.42. The Bertz CT molecular complexity index is 914. The first-order valence-electron chi connectivity index (χ1n) is 8.48. The highest BCUT2D eigenvalue weighted by molar-refractivity contribution is 9.10. The number of hydrogen-bond acceptors (Lipinski definition) is 3. The number of carbonyl (C=O) groups is 2. The summed E-state index contributed by atoms with van der Waals surface area (Å²) in [6.07, 6.45) is 0.621. The fraction of sp³-hybridized carbons (Fsp3) is 0.300. The molecular formula is C20H19BrN2O3. The molecule has 2 aromatic rings. The number of halogens is 1. The minimum absolute atomic E-state index is 0.0463. The van der Waals surface area contributed by atoms with Gasteiger partial charge in [-0.3, -0.25) is 9.59 Å². The number of benzene rings is 2. The molecule has 2 amide bonds. The highest BCUT2D eigenvalue weighted by Crippen LogP contribution is 2.48. The number of likely N-dealkylation sites (N-methyl/N-ethyl adjacent to an activating group) is 1. The molecule has 0 bridgehead atoms. The molecule has 0 N–H and O–H groups in total. The maximum absolute atomic E-state index is 13.1. The zero-order chi connectivity index (χ0) is 18.5. The number of likely N-dealkylation sites (tertiary alicyclic amines) is 1. The highest BCUT2D eigenvalue weighted by Gasteiger charge is 2.54. The number of amides is 2. The summed E-state index contributed by atoms with van der Waals surface area (Å²) < 4.78 is 6.22. The van der Waals surface area contributed by atoms with Gasteiger partial charge in [-0.05, 0) is 48.4 Å². The average Bonchev–Trinajstić information content (AvgIpc) is 3.19. The van der Waals surface area contributed by atoms with E-state index in [1.54, 1.807) is 30.0 Å². The van der Waals surface area contributed by atoms with Crippen LogP contribution in [-0.4, -0.2) is 44.0 Å². The van der Waals surface area contributed by atoms with E-state index in [4.69, 9.17) is 4.74 Å². The van der Waals surface area contributed by atoms with Gasteiger partial charge in [-0.1, -0.05) is 22.0 Å². The van der Waals surface area contributed by atoms with Crippen LogP contribution in [0.25, 0.3) is 0 Å². The van der Waals surface area contributed by atoms with Crippen LogP contribution in [0.2, 0.25) is 0 Å². The molecule has 0 radical (unpaired) electrons. The van der Waals surface area contributed by atoms with E-state index < -0.39 is 5.41 Å². The molecule has 1 spiro atoms. The van der Waals surface area contributed by atoms with Crippen LogP contribution in [-0.2, 0) is 10.2 Å². The Morgan fingerprint density at radius 2 is 2.04 bits per heavy atom. The molecule has 2 heterocycles. The van der Waals surface area contributed by atoms with Crippen molar-refractivity contribution in [1.82, 2.24) is 4.90 Å². The third kappa shape index (κ3) is 2.43. The van der Waals surface area contributed by atoms with Gasteiger partial charge in [0.05, 0.1) is 12.5 Å². The number of hydrogen-bond donors (Lipinski definition) is 0. The van der Waals surface area contributed by atoms with Crippen LogP contribution in [0.4, 0.5) is 5.69 Å². The average molecular weight is 415 g/mol. The second-order valence-corrected chi connectivity index (χ2v) is 7.73. The van der Waals surface area contributed by atoms with Gasteiger partial charge in [-0.25, -0.2) is 0 Å². The summed E-state index contributed by atoms with van der Waals surface area (Å²) in [6.45, 7) is 0.948. The minimum Gasteiger partial charge on any atom is -0.497 e. The summed E-state index contributed by atoms with van der Waals surface area (Å²) in [4.78, 5) is 29.5. The molecule has 6 heteroatoms. The van der Waals surface area contributed by atoms with Crippen LogP contribution in [0.1, 0.15) is 22.3 Å². The summed E-state index contributed by atoms with van der Waals surface area (Å²) in [5, 5.41) is 0. The lowest BCUT2D eigenvalue weighted by Crippen LogP contribution is -2.42. The molecule has 1 unspecified atom stereocenters. The zero-order valence-corrected chi connectivity index (χ0v) is 16.2. The predicted molar refractivity (Wildman–Crippen MR) is 103 cm³/mol. The molecule has 1 atom stereocenters. The minimum atomic E-state index is -0.680. The van der Waals surface area contributed by atoms with Gasteiger partial charge < -0.3 is 14.5 Å². The van der Waals surface area contributed by atoms with Gasteiger partial charge in [-0.15, -0.1) is 0 Å². The molecule has 2 aliphatic heterocycles. The Morgan fingerprint density at radius 1 is 1.23 bits per heavy atom. The second kappa shape index (κ2) is 6.13. The largest absolute Gasteiger partial charge is 0.497 e. The van der Waals surface area contributed by atoms with E-state index >= 15 is 0 Å². The van der Waals surface area contributed by atoms with Gasteiger partial charge in [-0.2, -0.15) is 0 Å². The van der Waals surface area contributed by atoms with Gasteiger partial charge in [0.1, 0.15) is 5.75 Å². The van der Waals surface area contributed by atoms with Crippen molar-refractivity contribution in [3.05, 3.63) is 58.1 Å². The van der Waals surface area contributed by atoms with Crippen LogP contribution in [0.15, 0.2) is 46.9 Å². The lowest BCUT2D eigenvalue weighted by Gasteiger charge is -2.23. The highest BCUT2D eigenvalue weighted by atomic mass is 79.9. The molecule has 5 nitrogen and oxygen atoms in total. The van der Waals surface area contributed by atoms with Crippen LogP contribution in [0.5, 0.6) is 5.75 Å². The first kappa shape index (κ1) is 17.1. The van der Waals surface area contributed by atoms with E-state index in [1.165, 1.54) is 0 Å². The number of anilines is 1. The first-order valence-corrected chi connectivity index (χ1v) is 9.27. The fourth-order valence-electron chi connectivity index (χ4n) is 4.05. The second-order valence-electron chi connectivity index (χ2n) is 6.82. The Kier molecular flexibility index (Phi) is 4.03. The molecule has 0 aliphatic carbocycles. The first-order chi connectivity index (χ1) is 12.5. The lowest BCUT2D eigenvalue weighted by atomic mass is 9.81. The van der Waals surface area contributed by atoms with Gasteiger partial charge in [0, 0.05) is 35.9 Å². The molecule has 2 aromatic carbocycles. The van der Waals surface area contributed by atoms with Crippen molar-refractivity contribution in [3.63, 3.8) is 0 Å². The van der Waals surface area contributed by atoms with Crippen LogP contribution in [0.3, 0.4) is 0 Å². The summed E-state index contributed by atoms with van der Waals surface area (Å²) in [5.41, 5.74) is 1.79. The smallest absolute Gasteiger partial charge is 0.253 e. The number of nitrogens with zero attached hydrogens (tertiary/aromatic N) is 2. The van der Waals surface area contributed by atoms with E-state index in [-0.39, 0.29) is 11.8 Å². The molecule has 0 saturated carbocycles. The molecule has 134 valence electrons. The Hall–Kier alpha value is -2.34. The van der Waals surface area contributed by atoms with Crippen molar-refractivity contribution in [3.8, 4) is 5.75 Å².